The SMILES string of the molecule is Cc1cc(O)c2c(c1)C(=O)c1c(c3cc4c(nccc14)NC[C@H](O)[C@@]14C5=C6C7=C[C@@]8(O3)O[C@@]6([C@@H](O)[C@H](O)[C@H]8O)[C@@H](O)[C@]3(CCC6(CCCC6)C3)[C@H]5CC[C@@H]1CC[C@H]4c1cc(C3(c4cnc[nH]4)CCCCC3)[nH]c17)C2=O. The Morgan fingerprint density at radius 2 is 1.57 bits per heavy atom. The van der Waals surface area contributed by atoms with Crippen molar-refractivity contribution in [3.63, 3.8) is 0 Å². The van der Waals surface area contributed by atoms with Gasteiger partial charge in [0, 0.05) is 68.9 Å². The summed E-state index contributed by atoms with van der Waals surface area (Å²) in [4.78, 5) is 47.4. The average molecular weight is 1010 g/mol. The Labute approximate surface area is 432 Å². The van der Waals surface area contributed by atoms with Gasteiger partial charge in [-0.1, -0.05) is 32.1 Å². The van der Waals surface area contributed by atoms with E-state index in [0.29, 0.717) is 51.8 Å². The van der Waals surface area contributed by atoms with Crippen LogP contribution >= 0.6 is 0 Å². The van der Waals surface area contributed by atoms with Gasteiger partial charge >= 0.3 is 0 Å². The number of aromatic amines is 2. The topological polar surface area (TPSA) is 243 Å². The number of fused-ring (bicyclic) bond motifs is 8. The van der Waals surface area contributed by atoms with Crippen molar-refractivity contribution in [1.29, 1.82) is 0 Å². The second kappa shape index (κ2) is 14.9. The maximum absolute atomic E-state index is 15.3. The number of rotatable bonds is 2. The van der Waals surface area contributed by atoms with Gasteiger partial charge < -0.3 is 55.4 Å². The van der Waals surface area contributed by atoms with Gasteiger partial charge in [-0.15, -0.1) is 0 Å². The molecule has 17 rings (SSSR count). The first-order valence-electron chi connectivity index (χ1n) is 27.9. The number of nitrogens with one attached hydrogen (secondary N) is 3. The number of ether oxygens (including phenoxy) is 2. The number of aromatic nitrogens is 4. The number of carbonyl (C=O) groups excluding carboxylic acids is 2. The van der Waals surface area contributed by atoms with Crippen LogP contribution in [0.2, 0.25) is 0 Å². The molecule has 0 amide bonds. The van der Waals surface area contributed by atoms with Crippen LogP contribution in [0.25, 0.3) is 16.3 Å². The van der Waals surface area contributed by atoms with Crippen LogP contribution in [-0.2, 0) is 10.2 Å². The van der Waals surface area contributed by atoms with E-state index in [0.717, 1.165) is 112 Å². The van der Waals surface area contributed by atoms with Crippen molar-refractivity contribution < 1.29 is 49.7 Å². The highest BCUT2D eigenvalue weighted by molar-refractivity contribution is 6.34. The number of hydrogen-bond acceptors (Lipinski definition) is 13. The molecule has 8 bridgehead atoms. The predicted octanol–water partition coefficient (Wildman–Crippen LogP) is 7.44. The molecule has 5 spiro atoms. The second-order valence-corrected chi connectivity index (χ2v) is 25.1. The number of aliphatic hydroxyl groups excluding tert-OH is 5. The minimum Gasteiger partial charge on any atom is -0.507 e. The number of pyridine rings is 1. The molecule has 5 aromatic rings. The summed E-state index contributed by atoms with van der Waals surface area (Å²) >= 11 is 0. The molecule has 7 heterocycles. The third kappa shape index (κ3) is 5.29. The molecule has 388 valence electrons. The Morgan fingerprint density at radius 1 is 0.787 bits per heavy atom. The zero-order valence-corrected chi connectivity index (χ0v) is 42.0. The average Bonchev–Trinajstić information content (AvgIpc) is 4.31. The van der Waals surface area contributed by atoms with Crippen LogP contribution in [0.5, 0.6) is 11.5 Å². The maximum atomic E-state index is 15.3. The number of nitrogens with zero attached hydrogens (tertiary/aromatic N) is 2. The summed E-state index contributed by atoms with van der Waals surface area (Å²) in [6, 6.07) is 8.58. The zero-order valence-electron chi connectivity index (χ0n) is 42.0. The van der Waals surface area contributed by atoms with E-state index >= 15 is 9.59 Å². The van der Waals surface area contributed by atoms with Crippen LogP contribution in [0.3, 0.4) is 0 Å². The number of H-pyrrole nitrogens is 2. The summed E-state index contributed by atoms with van der Waals surface area (Å²) in [6.45, 7) is 1.77. The second-order valence-electron chi connectivity index (χ2n) is 25.1. The molecule has 5 saturated carbocycles. The number of ketones is 2. The molecule has 0 unspecified atom stereocenters. The van der Waals surface area contributed by atoms with Gasteiger partial charge in [0.25, 0.3) is 5.79 Å². The number of carbonyl (C=O) groups is 2. The Bertz CT molecular complexity index is 3440. The van der Waals surface area contributed by atoms with Crippen molar-refractivity contribution in [2.24, 2.45) is 28.1 Å². The van der Waals surface area contributed by atoms with Crippen LogP contribution in [0.1, 0.15) is 169 Å². The molecule has 3 aromatic heterocycles. The smallest absolute Gasteiger partial charge is 0.261 e. The van der Waals surface area contributed by atoms with Gasteiger partial charge in [-0.2, -0.15) is 0 Å². The normalized spacial score (nSPS) is 38.1. The van der Waals surface area contributed by atoms with E-state index < -0.39 is 69.7 Å². The van der Waals surface area contributed by atoms with Crippen molar-refractivity contribution in [1.82, 2.24) is 19.9 Å². The van der Waals surface area contributed by atoms with Gasteiger partial charge in [0.2, 0.25) is 5.78 Å². The molecular weight excluding hydrogens is 951 g/mol. The molecule has 6 fully saturated rings. The van der Waals surface area contributed by atoms with E-state index in [9.17, 15) is 30.6 Å². The van der Waals surface area contributed by atoms with Crippen molar-refractivity contribution in [3.05, 3.63) is 117 Å². The number of benzene rings is 2. The number of anilines is 1. The molecule has 8 aliphatic carbocycles. The Balaban J connectivity index is 1.04. The summed E-state index contributed by atoms with van der Waals surface area (Å²) < 4.78 is 14.9. The molecule has 12 aliphatic rings. The zero-order chi connectivity index (χ0) is 50.9. The Hall–Kier alpha value is -5.68. The van der Waals surface area contributed by atoms with Gasteiger partial charge in [0.05, 0.1) is 35.1 Å². The molecule has 2 aromatic carbocycles. The van der Waals surface area contributed by atoms with E-state index in [4.69, 9.17) is 14.5 Å². The molecule has 15 nitrogen and oxygen atoms in total. The molecule has 12 atom stereocenters. The molecule has 1 saturated heterocycles. The lowest BCUT2D eigenvalue weighted by molar-refractivity contribution is -0.369. The number of aromatic hydroxyl groups is 1. The molecule has 75 heavy (non-hydrogen) atoms. The molecule has 4 aliphatic heterocycles. The summed E-state index contributed by atoms with van der Waals surface area (Å²) in [5.41, 5.74) is 1.43. The predicted molar refractivity (Wildman–Crippen MR) is 273 cm³/mol. The highest BCUT2D eigenvalue weighted by Crippen LogP contribution is 2.78. The fourth-order valence-corrected chi connectivity index (χ4v) is 19.3. The minimum absolute atomic E-state index is 0.00530. The van der Waals surface area contributed by atoms with Crippen LogP contribution in [0, 0.1) is 35.0 Å². The van der Waals surface area contributed by atoms with E-state index in [1.165, 1.54) is 6.07 Å². The number of phenolic OH excluding ortho intramolecular Hbond substituents is 1. The summed E-state index contributed by atoms with van der Waals surface area (Å²) in [5, 5.41) is 83.3. The summed E-state index contributed by atoms with van der Waals surface area (Å²) in [6.07, 6.45) is 12.9. The lowest BCUT2D eigenvalue weighted by Gasteiger charge is -2.67. The van der Waals surface area contributed by atoms with Crippen LogP contribution in [0.15, 0.2) is 66.3 Å². The van der Waals surface area contributed by atoms with Crippen LogP contribution in [-0.4, -0.2) is 111 Å². The van der Waals surface area contributed by atoms with E-state index in [1.807, 2.05) is 6.20 Å². The molecule has 0 radical (unpaired) electrons. The highest BCUT2D eigenvalue weighted by atomic mass is 16.7. The third-order valence-corrected chi connectivity index (χ3v) is 22.1. The van der Waals surface area contributed by atoms with Gasteiger partial charge in [0.1, 0.15) is 29.5 Å². The molecular formula is C60H63N5O10. The first kappa shape index (κ1) is 45.5. The minimum atomic E-state index is -2.44. The first-order chi connectivity index (χ1) is 36.2. The quantitative estimate of drug-likeness (QED) is 0.0820. The Morgan fingerprint density at radius 3 is 2.36 bits per heavy atom. The van der Waals surface area contributed by atoms with E-state index in [2.05, 4.69) is 26.3 Å². The first-order valence-corrected chi connectivity index (χ1v) is 27.9. The van der Waals surface area contributed by atoms with Crippen molar-refractivity contribution >= 4 is 33.7 Å². The van der Waals surface area contributed by atoms with Crippen molar-refractivity contribution in [2.45, 2.75) is 163 Å². The van der Waals surface area contributed by atoms with Crippen LogP contribution in [0.4, 0.5) is 5.82 Å². The van der Waals surface area contributed by atoms with Gasteiger partial charge in [0.15, 0.2) is 17.5 Å². The van der Waals surface area contributed by atoms with E-state index in [1.54, 1.807) is 43.7 Å². The number of aliphatic hydroxyl groups is 5. The van der Waals surface area contributed by atoms with Gasteiger partial charge in [-0.3, -0.25) is 9.59 Å². The van der Waals surface area contributed by atoms with Gasteiger partial charge in [-0.05, 0) is 165 Å². The van der Waals surface area contributed by atoms with Crippen LogP contribution < -0.4 is 10.1 Å². The standard InChI is InChI=1S/C60H63N5O10/c1-28-19-33-42(37(66)20-28)49(69)44-38-21-31-30(43(44)48(33)68)11-18-62-53(31)63-25-41(67)59-29-7-9-35(59)32-22-39(56(14-3-2-4-15-56)40-24-61-27-64-40)65-47(32)34-23-58(74-38)51(71)50(70)52(72)60(75-58)45(34)46(59)36(10-8-29)57(54(60)73)17-16-55(26-57)12-5-6-13-55/h11,18-24,27,29,35-36,41,50-52,54,65-67,70-73H,2-10,12-17,25-26H2,1H3,(H,61,64)(H,62,63)/t29-,35-,36-,41-,50+,51+,52-,54-,57-,58+,59+,60-/m0/s1. The lowest BCUT2D eigenvalue weighted by Crippen LogP contribution is -2.80. The fourth-order valence-electron chi connectivity index (χ4n) is 19.3. The third-order valence-electron chi connectivity index (χ3n) is 22.1. The van der Waals surface area contributed by atoms with Crippen molar-refractivity contribution in [3.8, 4) is 11.5 Å². The van der Waals surface area contributed by atoms with Crippen molar-refractivity contribution in [2.75, 3.05) is 11.9 Å². The lowest BCUT2D eigenvalue weighted by atomic mass is 9.42. The number of aryl methyl sites for hydroxylation is 1. The molecule has 15 heteroatoms. The summed E-state index contributed by atoms with van der Waals surface area (Å²) in [5.74, 6) is -4.43. The fraction of sp³-hybridized carbons (Fsp3) is 0.533. The Kier molecular flexibility index (Phi) is 9.02. The van der Waals surface area contributed by atoms with E-state index in [-0.39, 0.29) is 63.5 Å². The number of imidazole rings is 1. The largest absolute Gasteiger partial charge is 0.507 e. The highest BCUT2D eigenvalue weighted by Gasteiger charge is 2.79. The summed E-state index contributed by atoms with van der Waals surface area (Å²) in [7, 11) is 0. The monoisotopic (exact) mass is 1010 g/mol. The number of phenols is 1. The number of hydrogen-bond donors (Lipinski definition) is 9. The van der Waals surface area contributed by atoms with Gasteiger partial charge in [-0.25, -0.2) is 9.97 Å². The molecule has 9 N–H and O–H groups in total. The maximum Gasteiger partial charge on any atom is 0.261 e.